The van der Waals surface area contributed by atoms with E-state index in [1.807, 2.05) is 12.1 Å². The Balaban J connectivity index is 1.46. The molecule has 0 aliphatic rings. The summed E-state index contributed by atoms with van der Waals surface area (Å²) < 4.78 is 3.20. The number of fused-ring (bicyclic) bond motifs is 3. The van der Waals surface area contributed by atoms with Crippen LogP contribution in [0.2, 0.25) is 0 Å². The molecule has 8 nitrogen and oxygen atoms in total. The average molecular weight is 423 g/mol. The predicted octanol–water partition coefficient (Wildman–Crippen LogP) is 3.18. The first-order valence-electron chi connectivity index (χ1n) is 9.90. The van der Waals surface area contributed by atoms with Crippen molar-refractivity contribution in [2.24, 2.45) is 0 Å². The molecular formula is C24H17N5O3. The number of carbonyl (C=O) groups is 2. The summed E-state index contributed by atoms with van der Waals surface area (Å²) in [5.74, 6) is -0.586. The zero-order valence-corrected chi connectivity index (χ0v) is 16.8. The van der Waals surface area contributed by atoms with Crippen LogP contribution in [0.15, 0.2) is 90.4 Å². The van der Waals surface area contributed by atoms with E-state index in [-0.39, 0.29) is 23.8 Å². The molecular weight excluding hydrogens is 406 g/mol. The highest BCUT2D eigenvalue weighted by Crippen LogP contribution is 2.16. The fraction of sp³-hybridized carbons (Fsp3) is 0.0417. The summed E-state index contributed by atoms with van der Waals surface area (Å²) in [6.07, 6.45) is 6.23. The van der Waals surface area contributed by atoms with Crippen LogP contribution in [0.3, 0.4) is 0 Å². The SMILES string of the molecule is O=C(Cn1c(=O)c2ccccc2n2cncc12)c1cccc(NC(=O)c2cccnc2)c1. The molecule has 0 radical (unpaired) electrons. The number of pyridine rings is 1. The van der Waals surface area contributed by atoms with E-state index in [0.29, 0.717) is 27.8 Å². The number of carbonyl (C=O) groups excluding carboxylic acids is 2. The molecule has 0 aliphatic heterocycles. The van der Waals surface area contributed by atoms with Crippen LogP contribution in [-0.2, 0) is 6.54 Å². The Bertz CT molecular complexity index is 1540. The van der Waals surface area contributed by atoms with E-state index in [0.717, 1.165) is 5.52 Å². The molecule has 5 aromatic rings. The van der Waals surface area contributed by atoms with E-state index in [1.165, 1.54) is 10.8 Å². The first-order chi connectivity index (χ1) is 15.6. The van der Waals surface area contributed by atoms with Gasteiger partial charge in [-0.3, -0.25) is 28.3 Å². The molecule has 0 aliphatic carbocycles. The molecule has 1 amide bonds. The lowest BCUT2D eigenvalue weighted by molar-refractivity contribution is 0.0970. The number of rotatable bonds is 5. The van der Waals surface area contributed by atoms with E-state index < -0.39 is 0 Å². The van der Waals surface area contributed by atoms with Crippen LogP contribution in [0, 0.1) is 0 Å². The Morgan fingerprint density at radius 3 is 2.59 bits per heavy atom. The van der Waals surface area contributed by atoms with Gasteiger partial charge in [0.1, 0.15) is 12.0 Å². The van der Waals surface area contributed by atoms with Gasteiger partial charge < -0.3 is 5.32 Å². The molecule has 0 atom stereocenters. The van der Waals surface area contributed by atoms with Crippen LogP contribution in [0.5, 0.6) is 0 Å². The van der Waals surface area contributed by atoms with Gasteiger partial charge in [0.05, 0.1) is 29.2 Å². The van der Waals surface area contributed by atoms with Gasteiger partial charge in [0.15, 0.2) is 5.78 Å². The summed E-state index contributed by atoms with van der Waals surface area (Å²) in [7, 11) is 0. The molecule has 8 heteroatoms. The monoisotopic (exact) mass is 423 g/mol. The number of imidazole rings is 1. The van der Waals surface area contributed by atoms with Gasteiger partial charge >= 0.3 is 0 Å². The minimum absolute atomic E-state index is 0.154. The lowest BCUT2D eigenvalue weighted by Crippen LogP contribution is -2.26. The van der Waals surface area contributed by atoms with Crippen molar-refractivity contribution in [2.75, 3.05) is 5.32 Å². The number of hydrogen-bond donors (Lipinski definition) is 1. The second-order valence-corrected chi connectivity index (χ2v) is 7.23. The smallest absolute Gasteiger partial charge is 0.262 e. The van der Waals surface area contributed by atoms with Crippen molar-refractivity contribution >= 4 is 33.9 Å². The highest BCUT2D eigenvalue weighted by Gasteiger charge is 2.15. The summed E-state index contributed by atoms with van der Waals surface area (Å²) in [4.78, 5) is 46.6. The molecule has 0 fully saturated rings. The number of benzene rings is 2. The second-order valence-electron chi connectivity index (χ2n) is 7.23. The van der Waals surface area contributed by atoms with Crippen molar-refractivity contribution in [3.8, 4) is 0 Å². The number of Topliss-reactive ketones (excluding diaryl/α,β-unsaturated/α-hetero) is 1. The van der Waals surface area contributed by atoms with E-state index in [1.54, 1.807) is 71.7 Å². The Morgan fingerprint density at radius 1 is 0.906 bits per heavy atom. The van der Waals surface area contributed by atoms with E-state index in [9.17, 15) is 14.4 Å². The molecule has 3 aromatic heterocycles. The maximum Gasteiger partial charge on any atom is 0.262 e. The molecule has 0 saturated heterocycles. The van der Waals surface area contributed by atoms with Crippen molar-refractivity contribution in [3.63, 3.8) is 0 Å². The van der Waals surface area contributed by atoms with Crippen molar-refractivity contribution in [1.29, 1.82) is 0 Å². The summed E-state index contributed by atoms with van der Waals surface area (Å²) in [5.41, 5.74) is 2.27. The normalized spacial score (nSPS) is 11.0. The summed E-state index contributed by atoms with van der Waals surface area (Å²) >= 11 is 0. The van der Waals surface area contributed by atoms with Crippen molar-refractivity contribution in [3.05, 3.63) is 107 Å². The number of ketones is 1. The lowest BCUT2D eigenvalue weighted by atomic mass is 10.1. The van der Waals surface area contributed by atoms with Crippen molar-refractivity contribution < 1.29 is 9.59 Å². The highest BCUT2D eigenvalue weighted by atomic mass is 16.2. The van der Waals surface area contributed by atoms with E-state index in [4.69, 9.17) is 0 Å². The first kappa shape index (κ1) is 19.4. The van der Waals surface area contributed by atoms with E-state index >= 15 is 0 Å². The number of nitrogens with one attached hydrogen (secondary N) is 1. The van der Waals surface area contributed by atoms with E-state index in [2.05, 4.69) is 15.3 Å². The second kappa shape index (κ2) is 7.92. The highest BCUT2D eigenvalue weighted by molar-refractivity contribution is 6.05. The average Bonchev–Trinajstić information content (AvgIpc) is 3.32. The Labute approximate surface area is 181 Å². The minimum atomic E-state index is -0.325. The third-order valence-corrected chi connectivity index (χ3v) is 5.20. The summed E-state index contributed by atoms with van der Waals surface area (Å²) in [6, 6.07) is 17.2. The van der Waals surface area contributed by atoms with Crippen molar-refractivity contribution in [1.82, 2.24) is 18.9 Å². The maximum atomic E-state index is 13.1. The Kier molecular flexibility index (Phi) is 4.79. The quantitative estimate of drug-likeness (QED) is 0.438. The third kappa shape index (κ3) is 3.43. The number of aromatic nitrogens is 4. The zero-order valence-electron chi connectivity index (χ0n) is 16.8. The largest absolute Gasteiger partial charge is 0.322 e. The van der Waals surface area contributed by atoms with Crippen LogP contribution in [0.25, 0.3) is 16.6 Å². The maximum absolute atomic E-state index is 13.1. The van der Waals surface area contributed by atoms with Crippen LogP contribution in [0.4, 0.5) is 5.69 Å². The van der Waals surface area contributed by atoms with Crippen LogP contribution < -0.4 is 10.9 Å². The lowest BCUT2D eigenvalue weighted by Gasteiger charge is -2.11. The molecule has 1 N–H and O–H groups in total. The molecule has 32 heavy (non-hydrogen) atoms. The van der Waals surface area contributed by atoms with Gasteiger partial charge in [0.25, 0.3) is 11.5 Å². The number of para-hydroxylation sites is 1. The molecule has 0 spiro atoms. The minimum Gasteiger partial charge on any atom is -0.322 e. The molecule has 156 valence electrons. The van der Waals surface area contributed by atoms with Gasteiger partial charge in [-0.05, 0) is 36.4 Å². The number of nitrogens with zero attached hydrogens (tertiary/aromatic N) is 4. The molecule has 5 rings (SSSR count). The van der Waals surface area contributed by atoms with Crippen LogP contribution in [0.1, 0.15) is 20.7 Å². The Hall–Kier alpha value is -4.59. The summed E-state index contributed by atoms with van der Waals surface area (Å²) in [6.45, 7) is -0.154. The zero-order chi connectivity index (χ0) is 22.1. The van der Waals surface area contributed by atoms with Gasteiger partial charge in [-0.1, -0.05) is 24.3 Å². The third-order valence-electron chi connectivity index (χ3n) is 5.20. The molecule has 0 saturated carbocycles. The standard InChI is InChI=1S/C24H17N5O3/c30-21(16-5-3-7-18(11-16)27-23(31)17-6-4-10-25-12-17)14-28-22-13-26-15-29(22)20-9-2-1-8-19(20)24(28)32/h1-13,15H,14H2,(H,27,31). The van der Waals surface area contributed by atoms with Gasteiger partial charge in [0.2, 0.25) is 0 Å². The number of hydrogen-bond acceptors (Lipinski definition) is 5. The summed E-state index contributed by atoms with van der Waals surface area (Å²) in [5, 5.41) is 3.27. The fourth-order valence-corrected chi connectivity index (χ4v) is 3.65. The van der Waals surface area contributed by atoms with Crippen LogP contribution >= 0.6 is 0 Å². The number of amides is 1. The van der Waals surface area contributed by atoms with Crippen molar-refractivity contribution in [2.45, 2.75) is 6.54 Å². The van der Waals surface area contributed by atoms with Crippen LogP contribution in [-0.4, -0.2) is 30.6 Å². The van der Waals surface area contributed by atoms with Gasteiger partial charge in [-0.15, -0.1) is 0 Å². The topological polar surface area (TPSA) is 98.4 Å². The number of anilines is 1. The van der Waals surface area contributed by atoms with Gasteiger partial charge in [-0.2, -0.15) is 0 Å². The molecule has 2 aromatic carbocycles. The molecule has 0 bridgehead atoms. The predicted molar refractivity (Wildman–Crippen MR) is 120 cm³/mol. The Morgan fingerprint density at radius 2 is 1.75 bits per heavy atom. The molecule has 0 unspecified atom stereocenters. The molecule has 3 heterocycles. The first-order valence-corrected chi connectivity index (χ1v) is 9.90. The van der Waals surface area contributed by atoms with Gasteiger partial charge in [-0.25, -0.2) is 4.98 Å². The fourth-order valence-electron chi connectivity index (χ4n) is 3.65. The van der Waals surface area contributed by atoms with Gasteiger partial charge in [0, 0.05) is 23.6 Å².